The van der Waals surface area contributed by atoms with Crippen LogP contribution in [0.2, 0.25) is 5.02 Å². The summed E-state index contributed by atoms with van der Waals surface area (Å²) < 4.78 is 27.3. The van der Waals surface area contributed by atoms with Crippen molar-refractivity contribution in [1.82, 2.24) is 13.9 Å². The van der Waals surface area contributed by atoms with Gasteiger partial charge in [-0.15, -0.1) is 0 Å². The van der Waals surface area contributed by atoms with Crippen molar-refractivity contribution in [2.75, 3.05) is 33.7 Å². The molecular formula is C17H24ClN3O3S. The van der Waals surface area contributed by atoms with Crippen LogP contribution in [0.15, 0.2) is 30.3 Å². The lowest BCUT2D eigenvalue weighted by atomic mass is 9.98. The third-order valence-corrected chi connectivity index (χ3v) is 5.86. The summed E-state index contributed by atoms with van der Waals surface area (Å²) in [4.78, 5) is 14.1. The summed E-state index contributed by atoms with van der Waals surface area (Å²) >= 11 is 5.93. The molecule has 1 saturated heterocycles. The standard InChI is InChI=1S/C17H24ClN3O3S/c1-20(2)25(23,24)19-12-15-6-4-10-21(13-15)17(22)9-8-14-5-3-7-16(18)11-14/h3,5,7-9,11,15,19H,4,6,10,12-13H2,1-2H3/b9-8+/t15-/m0/s1. The molecule has 0 saturated carbocycles. The van der Waals surface area contributed by atoms with Gasteiger partial charge >= 0.3 is 0 Å². The van der Waals surface area contributed by atoms with Gasteiger partial charge in [-0.1, -0.05) is 23.7 Å². The van der Waals surface area contributed by atoms with Gasteiger partial charge in [-0.25, -0.2) is 4.72 Å². The summed E-state index contributed by atoms with van der Waals surface area (Å²) in [6.45, 7) is 1.58. The zero-order chi connectivity index (χ0) is 18.4. The molecule has 0 spiro atoms. The number of carbonyl (C=O) groups is 1. The number of piperidine rings is 1. The molecule has 1 atom stereocenters. The van der Waals surface area contributed by atoms with Crippen molar-refractivity contribution in [3.05, 3.63) is 40.9 Å². The van der Waals surface area contributed by atoms with Crippen LogP contribution in [0.3, 0.4) is 0 Å². The molecule has 1 heterocycles. The molecule has 1 aromatic carbocycles. The molecule has 6 nitrogen and oxygen atoms in total. The predicted molar refractivity (Wildman–Crippen MR) is 100 cm³/mol. The quantitative estimate of drug-likeness (QED) is 0.761. The van der Waals surface area contributed by atoms with Crippen LogP contribution in [0.4, 0.5) is 0 Å². The average Bonchev–Trinajstić information content (AvgIpc) is 2.58. The number of halogens is 1. The molecule has 1 aliphatic heterocycles. The minimum atomic E-state index is -3.43. The Kier molecular flexibility index (Phi) is 7.01. The Labute approximate surface area is 154 Å². The van der Waals surface area contributed by atoms with Gasteiger partial charge in [0.25, 0.3) is 10.2 Å². The van der Waals surface area contributed by atoms with Crippen LogP contribution < -0.4 is 4.72 Å². The first kappa shape index (κ1) is 19.9. The maximum absolute atomic E-state index is 12.4. The summed E-state index contributed by atoms with van der Waals surface area (Å²) in [7, 11) is -0.461. The SMILES string of the molecule is CN(C)S(=O)(=O)NC[C@@H]1CCCN(C(=O)/C=C/c2cccc(Cl)c2)C1. The van der Waals surface area contributed by atoms with E-state index in [-0.39, 0.29) is 11.8 Å². The fourth-order valence-electron chi connectivity index (χ4n) is 2.67. The Morgan fingerprint density at radius 2 is 2.20 bits per heavy atom. The number of rotatable bonds is 6. The first-order chi connectivity index (χ1) is 11.8. The van der Waals surface area contributed by atoms with Gasteiger partial charge in [0.1, 0.15) is 0 Å². The fourth-order valence-corrected chi connectivity index (χ4v) is 3.57. The van der Waals surface area contributed by atoms with E-state index >= 15 is 0 Å². The van der Waals surface area contributed by atoms with E-state index in [4.69, 9.17) is 11.6 Å². The monoisotopic (exact) mass is 385 g/mol. The van der Waals surface area contributed by atoms with E-state index in [2.05, 4.69) is 4.72 Å². The van der Waals surface area contributed by atoms with E-state index in [1.807, 2.05) is 12.1 Å². The Hall–Kier alpha value is -1.41. The highest BCUT2D eigenvalue weighted by molar-refractivity contribution is 7.87. The van der Waals surface area contributed by atoms with Crippen LogP contribution in [0.1, 0.15) is 18.4 Å². The van der Waals surface area contributed by atoms with E-state index in [0.717, 1.165) is 22.7 Å². The van der Waals surface area contributed by atoms with Crippen molar-refractivity contribution < 1.29 is 13.2 Å². The second-order valence-electron chi connectivity index (χ2n) is 6.32. The van der Waals surface area contributed by atoms with E-state index in [1.54, 1.807) is 23.1 Å². The molecule has 138 valence electrons. The Balaban J connectivity index is 1.90. The van der Waals surface area contributed by atoms with Crippen molar-refractivity contribution in [2.24, 2.45) is 5.92 Å². The zero-order valence-electron chi connectivity index (χ0n) is 14.5. The second kappa shape index (κ2) is 8.80. The summed E-state index contributed by atoms with van der Waals surface area (Å²) in [6, 6.07) is 7.29. The van der Waals surface area contributed by atoms with E-state index in [1.165, 1.54) is 20.2 Å². The molecule has 0 unspecified atom stereocenters. The van der Waals surface area contributed by atoms with Gasteiger partial charge in [0.2, 0.25) is 5.91 Å². The number of nitrogens with one attached hydrogen (secondary N) is 1. The third kappa shape index (κ3) is 6.11. The first-order valence-corrected chi connectivity index (χ1v) is 9.99. The van der Waals surface area contributed by atoms with Crippen LogP contribution in [-0.4, -0.2) is 57.3 Å². The maximum Gasteiger partial charge on any atom is 0.278 e. The van der Waals surface area contributed by atoms with Gasteiger partial charge in [0.15, 0.2) is 0 Å². The van der Waals surface area contributed by atoms with Crippen LogP contribution in [0.5, 0.6) is 0 Å². The van der Waals surface area contributed by atoms with E-state index in [9.17, 15) is 13.2 Å². The topological polar surface area (TPSA) is 69.7 Å². The number of carbonyl (C=O) groups excluding carboxylic acids is 1. The molecule has 2 rings (SSSR count). The first-order valence-electron chi connectivity index (χ1n) is 8.17. The molecule has 0 radical (unpaired) electrons. The molecule has 1 N–H and O–H groups in total. The molecule has 1 fully saturated rings. The fraction of sp³-hybridized carbons (Fsp3) is 0.471. The predicted octanol–water partition coefficient (Wildman–Crippen LogP) is 1.99. The molecule has 8 heteroatoms. The van der Waals surface area contributed by atoms with Gasteiger partial charge in [0, 0.05) is 44.8 Å². The van der Waals surface area contributed by atoms with Crippen molar-refractivity contribution in [3.63, 3.8) is 0 Å². The normalized spacial score (nSPS) is 18.9. The third-order valence-electron chi connectivity index (χ3n) is 4.13. The second-order valence-corrected chi connectivity index (χ2v) is 8.72. The summed E-state index contributed by atoms with van der Waals surface area (Å²) in [6.07, 6.45) is 5.05. The smallest absolute Gasteiger partial charge is 0.278 e. The Bertz CT molecular complexity index is 734. The highest BCUT2D eigenvalue weighted by Crippen LogP contribution is 2.17. The van der Waals surface area contributed by atoms with Crippen molar-refractivity contribution in [1.29, 1.82) is 0 Å². The van der Waals surface area contributed by atoms with Crippen LogP contribution in [0.25, 0.3) is 6.08 Å². The summed E-state index contributed by atoms with van der Waals surface area (Å²) in [5.74, 6) is 0.0483. The molecule has 0 aromatic heterocycles. The number of hydrogen-bond donors (Lipinski definition) is 1. The Morgan fingerprint density at radius 3 is 2.88 bits per heavy atom. The lowest BCUT2D eigenvalue weighted by molar-refractivity contribution is -0.127. The lowest BCUT2D eigenvalue weighted by Crippen LogP contribution is -2.45. The number of amides is 1. The minimum Gasteiger partial charge on any atom is -0.339 e. The lowest BCUT2D eigenvalue weighted by Gasteiger charge is -2.32. The summed E-state index contributed by atoms with van der Waals surface area (Å²) in [5, 5.41) is 0.626. The Morgan fingerprint density at radius 1 is 1.44 bits per heavy atom. The van der Waals surface area contributed by atoms with Gasteiger partial charge in [0.05, 0.1) is 0 Å². The summed E-state index contributed by atoms with van der Waals surface area (Å²) in [5.41, 5.74) is 0.869. The highest BCUT2D eigenvalue weighted by Gasteiger charge is 2.24. The number of likely N-dealkylation sites (tertiary alicyclic amines) is 1. The van der Waals surface area contributed by atoms with Crippen LogP contribution in [0, 0.1) is 5.92 Å². The number of benzene rings is 1. The maximum atomic E-state index is 12.4. The van der Waals surface area contributed by atoms with Gasteiger partial charge in [-0.2, -0.15) is 12.7 Å². The molecular weight excluding hydrogens is 362 g/mol. The highest BCUT2D eigenvalue weighted by atomic mass is 35.5. The molecule has 0 bridgehead atoms. The van der Waals surface area contributed by atoms with Crippen LogP contribution >= 0.6 is 11.6 Å². The molecule has 1 aromatic rings. The number of hydrogen-bond acceptors (Lipinski definition) is 3. The molecule has 0 aliphatic carbocycles. The van der Waals surface area contributed by atoms with Crippen molar-refractivity contribution in [2.45, 2.75) is 12.8 Å². The van der Waals surface area contributed by atoms with Crippen molar-refractivity contribution in [3.8, 4) is 0 Å². The molecule has 1 aliphatic rings. The van der Waals surface area contributed by atoms with Crippen molar-refractivity contribution >= 4 is 33.8 Å². The minimum absolute atomic E-state index is 0.0693. The molecule has 1 amide bonds. The molecule has 25 heavy (non-hydrogen) atoms. The zero-order valence-corrected chi connectivity index (χ0v) is 16.1. The number of nitrogens with zero attached hydrogens (tertiary/aromatic N) is 2. The van der Waals surface area contributed by atoms with E-state index in [0.29, 0.717) is 24.7 Å². The average molecular weight is 386 g/mol. The van der Waals surface area contributed by atoms with Gasteiger partial charge < -0.3 is 4.90 Å². The largest absolute Gasteiger partial charge is 0.339 e. The van der Waals surface area contributed by atoms with Crippen LogP contribution in [-0.2, 0) is 15.0 Å². The van der Waals surface area contributed by atoms with E-state index < -0.39 is 10.2 Å². The van der Waals surface area contributed by atoms with Gasteiger partial charge in [-0.3, -0.25) is 4.79 Å². The van der Waals surface area contributed by atoms with Gasteiger partial charge in [-0.05, 0) is 42.5 Å².